The van der Waals surface area contributed by atoms with Gasteiger partial charge in [-0.25, -0.2) is 4.68 Å². The van der Waals surface area contributed by atoms with Gasteiger partial charge in [-0.2, -0.15) is 0 Å². The largest absolute Gasteiger partial charge is 0.396 e. The lowest BCUT2D eigenvalue weighted by Crippen LogP contribution is -2.08. The number of rotatable bonds is 8. The summed E-state index contributed by atoms with van der Waals surface area (Å²) < 4.78 is 1.96. The van der Waals surface area contributed by atoms with Gasteiger partial charge in [0, 0.05) is 19.7 Å². The molecule has 0 saturated carbocycles. The van der Waals surface area contributed by atoms with Crippen molar-refractivity contribution < 1.29 is 5.11 Å². The van der Waals surface area contributed by atoms with Crippen LogP contribution >= 0.6 is 0 Å². The van der Waals surface area contributed by atoms with Gasteiger partial charge < -0.3 is 10.8 Å². The maximum atomic E-state index is 8.69. The van der Waals surface area contributed by atoms with E-state index in [1.54, 1.807) is 0 Å². The van der Waals surface area contributed by atoms with Crippen LogP contribution < -0.4 is 5.73 Å². The number of hydrogen-bond donors (Lipinski definition) is 2. The Balaban J connectivity index is 2.53. The third kappa shape index (κ3) is 3.57. The van der Waals surface area contributed by atoms with Crippen LogP contribution in [0.25, 0.3) is 0 Å². The van der Waals surface area contributed by atoms with Gasteiger partial charge in [-0.3, -0.25) is 0 Å². The number of nitrogens with zero attached hydrogens (tertiary/aromatic N) is 3. The molecule has 1 rings (SSSR count). The Labute approximate surface area is 96.6 Å². The van der Waals surface area contributed by atoms with Crippen LogP contribution in [-0.4, -0.2) is 26.7 Å². The van der Waals surface area contributed by atoms with E-state index in [4.69, 9.17) is 10.8 Å². The van der Waals surface area contributed by atoms with E-state index < -0.39 is 0 Å². The van der Waals surface area contributed by atoms with Crippen LogP contribution in [0.1, 0.15) is 44.0 Å². The first-order valence-corrected chi connectivity index (χ1v) is 6.05. The molecule has 0 saturated heterocycles. The second-order valence-corrected chi connectivity index (χ2v) is 3.94. The molecule has 0 aromatic carbocycles. The Bertz CT molecular complexity index is 298. The fourth-order valence-corrected chi connectivity index (χ4v) is 1.77. The number of nitrogens with two attached hydrogens (primary N) is 1. The topological polar surface area (TPSA) is 77.0 Å². The molecule has 1 heterocycles. The summed E-state index contributed by atoms with van der Waals surface area (Å²) in [6, 6.07) is 0. The number of aromatic nitrogens is 3. The van der Waals surface area contributed by atoms with Crippen molar-refractivity contribution in [3.05, 3.63) is 11.4 Å². The number of aliphatic hydroxyl groups excluding tert-OH is 1. The summed E-state index contributed by atoms with van der Waals surface area (Å²) in [6.45, 7) is 3.75. The Hall–Kier alpha value is -0.940. The zero-order valence-corrected chi connectivity index (χ0v) is 10.0. The van der Waals surface area contributed by atoms with Crippen LogP contribution in [0.3, 0.4) is 0 Å². The van der Waals surface area contributed by atoms with E-state index in [0.717, 1.165) is 44.3 Å². The molecular formula is C11H22N4O. The zero-order valence-electron chi connectivity index (χ0n) is 10.0. The molecule has 5 nitrogen and oxygen atoms in total. The number of aliphatic hydroxyl groups is 1. The van der Waals surface area contributed by atoms with Crippen LogP contribution in [0, 0.1) is 0 Å². The van der Waals surface area contributed by atoms with Gasteiger partial charge in [0.25, 0.3) is 0 Å². The fraction of sp³-hybridized carbons (Fsp3) is 0.818. The molecule has 92 valence electrons. The standard InChI is InChI=1S/C11H22N4O/c1-2-6-11-10(9-12)13-14-15(11)7-4-3-5-8-16/h16H,2-9,12H2,1H3. The summed E-state index contributed by atoms with van der Waals surface area (Å²) in [5.74, 6) is 0. The maximum Gasteiger partial charge on any atom is 0.0994 e. The minimum Gasteiger partial charge on any atom is -0.396 e. The molecule has 0 aliphatic rings. The van der Waals surface area contributed by atoms with Crippen LogP contribution in [0.4, 0.5) is 0 Å². The molecule has 1 aromatic heterocycles. The Kier molecular flexibility index (Phi) is 6.03. The lowest BCUT2D eigenvalue weighted by molar-refractivity contribution is 0.281. The first-order valence-electron chi connectivity index (χ1n) is 6.05. The number of unbranched alkanes of at least 4 members (excludes halogenated alkanes) is 2. The molecule has 0 unspecified atom stereocenters. The first-order chi connectivity index (χ1) is 7.83. The molecule has 3 N–H and O–H groups in total. The van der Waals surface area contributed by atoms with Gasteiger partial charge >= 0.3 is 0 Å². The molecule has 0 bridgehead atoms. The molecule has 0 aliphatic carbocycles. The first kappa shape index (κ1) is 13.1. The van der Waals surface area contributed by atoms with Gasteiger partial charge in [-0.1, -0.05) is 18.6 Å². The smallest absolute Gasteiger partial charge is 0.0994 e. The monoisotopic (exact) mass is 226 g/mol. The van der Waals surface area contributed by atoms with Crippen molar-refractivity contribution in [2.45, 2.75) is 52.1 Å². The summed E-state index contributed by atoms with van der Waals surface area (Å²) in [5, 5.41) is 16.9. The van der Waals surface area contributed by atoms with E-state index in [-0.39, 0.29) is 6.61 Å². The normalized spacial score (nSPS) is 10.9. The summed E-state index contributed by atoms with van der Waals surface area (Å²) in [7, 11) is 0. The van der Waals surface area contributed by atoms with Gasteiger partial charge in [0.15, 0.2) is 0 Å². The number of hydrogen-bond acceptors (Lipinski definition) is 4. The Morgan fingerprint density at radius 1 is 1.31 bits per heavy atom. The van der Waals surface area contributed by atoms with E-state index in [1.807, 2.05) is 4.68 Å². The van der Waals surface area contributed by atoms with E-state index in [1.165, 1.54) is 5.69 Å². The van der Waals surface area contributed by atoms with Crippen molar-refractivity contribution >= 4 is 0 Å². The molecule has 16 heavy (non-hydrogen) atoms. The molecular weight excluding hydrogens is 204 g/mol. The van der Waals surface area contributed by atoms with Crippen molar-refractivity contribution in [2.24, 2.45) is 5.73 Å². The van der Waals surface area contributed by atoms with E-state index in [2.05, 4.69) is 17.2 Å². The fourth-order valence-electron chi connectivity index (χ4n) is 1.77. The second-order valence-electron chi connectivity index (χ2n) is 3.94. The quantitative estimate of drug-likeness (QED) is 0.644. The predicted molar refractivity (Wildman–Crippen MR) is 62.8 cm³/mol. The predicted octanol–water partition coefficient (Wildman–Crippen LogP) is 0.852. The highest BCUT2D eigenvalue weighted by Crippen LogP contribution is 2.09. The van der Waals surface area contributed by atoms with Gasteiger partial charge in [0.05, 0.1) is 11.4 Å². The molecule has 0 radical (unpaired) electrons. The van der Waals surface area contributed by atoms with Crippen molar-refractivity contribution in [3.63, 3.8) is 0 Å². The average Bonchev–Trinajstić information content (AvgIpc) is 2.68. The summed E-state index contributed by atoms with van der Waals surface area (Å²) in [6.07, 6.45) is 4.99. The van der Waals surface area contributed by atoms with Crippen molar-refractivity contribution in [1.82, 2.24) is 15.0 Å². The second kappa shape index (κ2) is 7.35. The third-order valence-corrected chi connectivity index (χ3v) is 2.63. The van der Waals surface area contributed by atoms with E-state index in [9.17, 15) is 0 Å². The highest BCUT2D eigenvalue weighted by Gasteiger charge is 2.09. The molecule has 0 fully saturated rings. The van der Waals surface area contributed by atoms with Gasteiger partial charge in [0.2, 0.25) is 0 Å². The van der Waals surface area contributed by atoms with Gasteiger partial charge in [-0.05, 0) is 25.7 Å². The van der Waals surface area contributed by atoms with Crippen LogP contribution in [0.5, 0.6) is 0 Å². The van der Waals surface area contributed by atoms with Gasteiger partial charge in [-0.15, -0.1) is 5.10 Å². The third-order valence-electron chi connectivity index (χ3n) is 2.63. The van der Waals surface area contributed by atoms with E-state index in [0.29, 0.717) is 6.54 Å². The van der Waals surface area contributed by atoms with Crippen LogP contribution in [0.15, 0.2) is 0 Å². The summed E-state index contributed by atoms with van der Waals surface area (Å²) in [5.41, 5.74) is 7.72. The van der Waals surface area contributed by atoms with Crippen molar-refractivity contribution in [1.29, 1.82) is 0 Å². The van der Waals surface area contributed by atoms with Gasteiger partial charge in [0.1, 0.15) is 0 Å². The zero-order chi connectivity index (χ0) is 11.8. The summed E-state index contributed by atoms with van der Waals surface area (Å²) in [4.78, 5) is 0. The highest BCUT2D eigenvalue weighted by atomic mass is 16.2. The average molecular weight is 226 g/mol. The maximum absolute atomic E-state index is 8.69. The lowest BCUT2D eigenvalue weighted by Gasteiger charge is -2.06. The van der Waals surface area contributed by atoms with Crippen molar-refractivity contribution in [3.8, 4) is 0 Å². The highest BCUT2D eigenvalue weighted by molar-refractivity contribution is 5.09. The molecule has 0 amide bonds. The molecule has 0 aliphatic heterocycles. The summed E-state index contributed by atoms with van der Waals surface area (Å²) >= 11 is 0. The minimum atomic E-state index is 0.271. The molecule has 0 spiro atoms. The Morgan fingerprint density at radius 2 is 2.12 bits per heavy atom. The molecule has 0 atom stereocenters. The van der Waals surface area contributed by atoms with Crippen LogP contribution in [-0.2, 0) is 19.5 Å². The van der Waals surface area contributed by atoms with Crippen molar-refractivity contribution in [2.75, 3.05) is 6.61 Å². The lowest BCUT2D eigenvalue weighted by atomic mass is 10.2. The SMILES string of the molecule is CCCc1c(CN)nnn1CCCCCO. The minimum absolute atomic E-state index is 0.271. The Morgan fingerprint density at radius 3 is 2.75 bits per heavy atom. The van der Waals surface area contributed by atoms with E-state index >= 15 is 0 Å². The van der Waals surface area contributed by atoms with Crippen LogP contribution in [0.2, 0.25) is 0 Å². The molecule has 5 heteroatoms. The number of aryl methyl sites for hydroxylation is 1. The molecule has 1 aromatic rings.